The van der Waals surface area contributed by atoms with Gasteiger partial charge < -0.3 is 9.30 Å². The standard InChI is InChI=1S/C21H23N3O4S2/c1-3-15-5-4-6-18-19(15)23(2)21(29-18)22-20(25)16-7-9-17(10-8-16)30(26,27)24-11-13-28-14-12-24/h4-10H,3,11-14H2,1-2H3. The lowest BCUT2D eigenvalue weighted by Gasteiger charge is -2.26. The molecule has 0 saturated carbocycles. The van der Waals surface area contributed by atoms with Gasteiger partial charge in [0, 0.05) is 25.7 Å². The summed E-state index contributed by atoms with van der Waals surface area (Å²) in [6.45, 7) is 3.54. The fourth-order valence-corrected chi connectivity index (χ4v) is 6.01. The van der Waals surface area contributed by atoms with E-state index in [9.17, 15) is 13.2 Å². The molecule has 158 valence electrons. The smallest absolute Gasteiger partial charge is 0.279 e. The molecule has 0 radical (unpaired) electrons. The van der Waals surface area contributed by atoms with E-state index in [0.717, 1.165) is 16.6 Å². The van der Waals surface area contributed by atoms with Crippen LogP contribution in [0.2, 0.25) is 0 Å². The number of morpholine rings is 1. The van der Waals surface area contributed by atoms with Crippen LogP contribution in [-0.4, -0.2) is 49.5 Å². The minimum absolute atomic E-state index is 0.168. The zero-order chi connectivity index (χ0) is 21.3. The van der Waals surface area contributed by atoms with Gasteiger partial charge in [-0.1, -0.05) is 30.4 Å². The molecular weight excluding hydrogens is 422 g/mol. The zero-order valence-corrected chi connectivity index (χ0v) is 18.5. The monoisotopic (exact) mass is 445 g/mol. The van der Waals surface area contributed by atoms with Gasteiger partial charge in [-0.3, -0.25) is 4.79 Å². The van der Waals surface area contributed by atoms with Crippen LogP contribution in [0.4, 0.5) is 0 Å². The molecule has 2 aromatic carbocycles. The lowest BCUT2D eigenvalue weighted by Crippen LogP contribution is -2.40. The Labute approximate surface area is 179 Å². The van der Waals surface area contributed by atoms with Gasteiger partial charge in [-0.25, -0.2) is 8.42 Å². The first-order chi connectivity index (χ1) is 14.4. The number of aromatic nitrogens is 1. The molecular formula is C21H23N3O4S2. The maximum atomic E-state index is 12.7. The topological polar surface area (TPSA) is 81.0 Å². The fourth-order valence-electron chi connectivity index (χ4n) is 3.53. The number of benzene rings is 2. The molecule has 3 aromatic rings. The molecule has 1 amide bonds. The Morgan fingerprint density at radius 1 is 1.13 bits per heavy atom. The Morgan fingerprint density at radius 2 is 1.83 bits per heavy atom. The molecule has 1 aliphatic rings. The van der Waals surface area contributed by atoms with E-state index in [1.807, 2.05) is 23.7 Å². The van der Waals surface area contributed by atoms with Crippen molar-refractivity contribution in [3.8, 4) is 0 Å². The summed E-state index contributed by atoms with van der Waals surface area (Å²) < 4.78 is 35.1. The Hall–Kier alpha value is -2.33. The van der Waals surface area contributed by atoms with Gasteiger partial charge in [0.05, 0.1) is 28.3 Å². The number of fused-ring (bicyclic) bond motifs is 1. The molecule has 9 heteroatoms. The summed E-state index contributed by atoms with van der Waals surface area (Å²) in [5, 5.41) is 0. The van der Waals surface area contributed by atoms with Crippen molar-refractivity contribution in [3.05, 3.63) is 58.4 Å². The minimum atomic E-state index is -3.59. The summed E-state index contributed by atoms with van der Waals surface area (Å²) in [5.74, 6) is -0.398. The number of amides is 1. The molecule has 4 rings (SSSR count). The van der Waals surface area contributed by atoms with Gasteiger partial charge in [-0.2, -0.15) is 9.30 Å². The van der Waals surface area contributed by atoms with Crippen LogP contribution in [-0.2, 0) is 28.2 Å². The van der Waals surface area contributed by atoms with E-state index in [4.69, 9.17) is 4.74 Å². The average Bonchev–Trinajstić information content (AvgIpc) is 3.09. The summed E-state index contributed by atoms with van der Waals surface area (Å²) in [7, 11) is -1.68. The highest BCUT2D eigenvalue weighted by Crippen LogP contribution is 2.21. The Bertz CT molecular complexity index is 1250. The predicted octanol–water partition coefficient (Wildman–Crippen LogP) is 2.56. The number of ether oxygens (including phenoxy) is 1. The average molecular weight is 446 g/mol. The van der Waals surface area contributed by atoms with Gasteiger partial charge in [0.2, 0.25) is 10.0 Å². The van der Waals surface area contributed by atoms with Crippen LogP contribution in [0.3, 0.4) is 0 Å². The second-order valence-electron chi connectivity index (χ2n) is 7.02. The van der Waals surface area contributed by atoms with Gasteiger partial charge in [0.1, 0.15) is 0 Å². The summed E-state index contributed by atoms with van der Waals surface area (Å²) in [4.78, 5) is 17.8. The molecule has 1 aromatic heterocycles. The molecule has 1 aliphatic heterocycles. The van der Waals surface area contributed by atoms with Crippen LogP contribution >= 0.6 is 11.3 Å². The van der Waals surface area contributed by atoms with Crippen LogP contribution in [0.25, 0.3) is 10.2 Å². The number of hydrogen-bond acceptors (Lipinski definition) is 5. The first-order valence-corrected chi connectivity index (χ1v) is 12.0. The number of nitrogens with zero attached hydrogens (tertiary/aromatic N) is 3. The van der Waals surface area contributed by atoms with Gasteiger partial charge in [0.25, 0.3) is 5.91 Å². The second-order valence-corrected chi connectivity index (χ2v) is 9.97. The quantitative estimate of drug-likeness (QED) is 0.618. The fraction of sp³-hybridized carbons (Fsp3) is 0.333. The molecule has 1 fully saturated rings. The first-order valence-electron chi connectivity index (χ1n) is 9.76. The maximum absolute atomic E-state index is 12.7. The molecule has 0 unspecified atom stereocenters. The zero-order valence-electron chi connectivity index (χ0n) is 16.9. The minimum Gasteiger partial charge on any atom is -0.379 e. The number of thiazole rings is 1. The molecule has 2 heterocycles. The molecule has 30 heavy (non-hydrogen) atoms. The Kier molecular flexibility index (Phi) is 5.88. The van der Waals surface area contributed by atoms with Crippen LogP contribution in [0.15, 0.2) is 52.4 Å². The number of hydrogen-bond donors (Lipinski definition) is 0. The van der Waals surface area contributed by atoms with Gasteiger partial charge in [-0.15, -0.1) is 0 Å². The van der Waals surface area contributed by atoms with E-state index >= 15 is 0 Å². The summed E-state index contributed by atoms with van der Waals surface area (Å²) in [5.41, 5.74) is 2.64. The number of para-hydroxylation sites is 1. The van der Waals surface area contributed by atoms with Crippen molar-refractivity contribution >= 4 is 37.5 Å². The van der Waals surface area contributed by atoms with Gasteiger partial charge in [0.15, 0.2) is 4.80 Å². The third-order valence-electron chi connectivity index (χ3n) is 5.19. The lowest BCUT2D eigenvalue weighted by atomic mass is 10.1. The Balaban J connectivity index is 1.63. The number of sulfonamides is 1. The number of carbonyl (C=O) groups excluding carboxylic acids is 1. The normalized spacial score (nSPS) is 16.3. The third kappa shape index (κ3) is 3.85. The SMILES string of the molecule is CCc1cccc2sc(=NC(=O)c3ccc(S(=O)(=O)N4CCOCC4)cc3)n(C)c12. The molecule has 1 saturated heterocycles. The van der Waals surface area contributed by atoms with Crippen LogP contribution in [0, 0.1) is 0 Å². The number of aryl methyl sites for hydroxylation is 2. The van der Waals surface area contributed by atoms with Crippen LogP contribution < -0.4 is 4.80 Å². The highest BCUT2D eigenvalue weighted by molar-refractivity contribution is 7.89. The highest BCUT2D eigenvalue weighted by atomic mass is 32.2. The van der Waals surface area contributed by atoms with Gasteiger partial charge in [-0.05, 0) is 42.3 Å². The van der Waals surface area contributed by atoms with Crippen molar-refractivity contribution in [1.82, 2.24) is 8.87 Å². The van der Waals surface area contributed by atoms with Crippen molar-refractivity contribution in [2.24, 2.45) is 12.0 Å². The van der Waals surface area contributed by atoms with Crippen LogP contribution in [0.1, 0.15) is 22.8 Å². The summed E-state index contributed by atoms with van der Waals surface area (Å²) in [6.07, 6.45) is 0.897. The Morgan fingerprint density at radius 3 is 2.50 bits per heavy atom. The molecule has 0 spiro atoms. The van der Waals surface area contributed by atoms with E-state index in [1.165, 1.54) is 45.5 Å². The number of carbonyl (C=O) groups is 1. The van der Waals surface area contributed by atoms with E-state index in [1.54, 1.807) is 0 Å². The van der Waals surface area contributed by atoms with Crippen molar-refractivity contribution in [1.29, 1.82) is 0 Å². The summed E-state index contributed by atoms with van der Waals surface area (Å²) in [6, 6.07) is 12.1. The lowest BCUT2D eigenvalue weighted by molar-refractivity contribution is 0.0730. The molecule has 7 nitrogen and oxygen atoms in total. The second kappa shape index (κ2) is 8.43. The largest absolute Gasteiger partial charge is 0.379 e. The van der Waals surface area contributed by atoms with Crippen LogP contribution in [0.5, 0.6) is 0 Å². The molecule has 0 aliphatic carbocycles. The van der Waals surface area contributed by atoms with Crippen molar-refractivity contribution in [2.45, 2.75) is 18.2 Å². The molecule has 0 bridgehead atoms. The molecule has 0 N–H and O–H groups in total. The third-order valence-corrected chi connectivity index (χ3v) is 8.20. The highest BCUT2D eigenvalue weighted by Gasteiger charge is 2.26. The number of rotatable bonds is 4. The summed E-state index contributed by atoms with van der Waals surface area (Å²) >= 11 is 1.46. The van der Waals surface area contributed by atoms with E-state index in [2.05, 4.69) is 18.0 Å². The van der Waals surface area contributed by atoms with Crippen molar-refractivity contribution in [3.63, 3.8) is 0 Å². The predicted molar refractivity (Wildman–Crippen MR) is 116 cm³/mol. The first kappa shape index (κ1) is 20.9. The van der Waals surface area contributed by atoms with E-state index < -0.39 is 15.9 Å². The van der Waals surface area contributed by atoms with Crippen molar-refractivity contribution < 1.29 is 17.9 Å². The van der Waals surface area contributed by atoms with Gasteiger partial charge >= 0.3 is 0 Å². The van der Waals surface area contributed by atoms with E-state index in [0.29, 0.717) is 36.7 Å². The maximum Gasteiger partial charge on any atom is 0.279 e. The molecule has 0 atom stereocenters. The van der Waals surface area contributed by atoms with Crippen molar-refractivity contribution in [2.75, 3.05) is 26.3 Å². The van der Waals surface area contributed by atoms with E-state index in [-0.39, 0.29) is 4.90 Å².